The number of hydrogen-bond donors (Lipinski definition) is 1. The molecule has 0 unspecified atom stereocenters. The molecular formula is C18H28N6O2. The number of hydrogen-bond acceptors (Lipinski definition) is 6. The zero-order valence-corrected chi connectivity index (χ0v) is 16.2. The number of rotatable bonds is 4. The predicted octanol–water partition coefficient (Wildman–Crippen LogP) is 0.0517. The van der Waals surface area contributed by atoms with Gasteiger partial charge in [-0.3, -0.25) is 9.59 Å². The second-order valence-corrected chi connectivity index (χ2v) is 7.45. The van der Waals surface area contributed by atoms with Gasteiger partial charge in [0.25, 0.3) is 5.91 Å². The molecule has 0 aliphatic carbocycles. The lowest BCUT2D eigenvalue weighted by Gasteiger charge is -2.37. The van der Waals surface area contributed by atoms with Gasteiger partial charge < -0.3 is 20.0 Å². The van der Waals surface area contributed by atoms with Crippen molar-refractivity contribution in [2.75, 3.05) is 52.2 Å². The Morgan fingerprint density at radius 1 is 1.15 bits per heavy atom. The van der Waals surface area contributed by atoms with Crippen LogP contribution in [0.4, 0.5) is 5.82 Å². The van der Waals surface area contributed by atoms with Gasteiger partial charge in [0, 0.05) is 50.5 Å². The van der Waals surface area contributed by atoms with E-state index in [9.17, 15) is 9.59 Å². The van der Waals surface area contributed by atoms with Crippen molar-refractivity contribution in [3.8, 4) is 0 Å². The standard InChI is InChI=1S/C18H28N6O2/c1-11-12(2)20-15(18(26)24-8-13(9-24)17(25)19-3)21-16(11)23-7-6-14(10-23)22(4)5/h13-14H,6-10H2,1-5H3,(H,19,25)/t14-/m1/s1. The Morgan fingerprint density at radius 3 is 2.42 bits per heavy atom. The van der Waals surface area contributed by atoms with Gasteiger partial charge in [0.05, 0.1) is 5.92 Å². The third-order valence-corrected chi connectivity index (χ3v) is 5.53. The summed E-state index contributed by atoms with van der Waals surface area (Å²) >= 11 is 0. The molecule has 2 aliphatic rings. The van der Waals surface area contributed by atoms with E-state index in [1.807, 2.05) is 13.8 Å². The fourth-order valence-electron chi connectivity index (χ4n) is 3.53. The maximum absolute atomic E-state index is 12.7. The monoisotopic (exact) mass is 360 g/mol. The lowest BCUT2D eigenvalue weighted by Crippen LogP contribution is -2.55. The van der Waals surface area contributed by atoms with E-state index in [0.717, 1.165) is 36.6 Å². The molecule has 2 amide bonds. The molecule has 0 spiro atoms. The van der Waals surface area contributed by atoms with E-state index in [1.165, 1.54) is 0 Å². The number of nitrogens with one attached hydrogen (secondary N) is 1. The highest BCUT2D eigenvalue weighted by molar-refractivity contribution is 5.93. The normalized spacial score (nSPS) is 20.5. The van der Waals surface area contributed by atoms with Gasteiger partial charge >= 0.3 is 0 Å². The highest BCUT2D eigenvalue weighted by atomic mass is 16.2. The number of aromatic nitrogens is 2. The van der Waals surface area contributed by atoms with Crippen LogP contribution >= 0.6 is 0 Å². The van der Waals surface area contributed by atoms with Crippen molar-refractivity contribution in [2.45, 2.75) is 26.3 Å². The number of carbonyl (C=O) groups excluding carboxylic acids is 2. The summed E-state index contributed by atoms with van der Waals surface area (Å²) in [5.41, 5.74) is 1.85. The summed E-state index contributed by atoms with van der Waals surface area (Å²) in [5, 5.41) is 2.62. The first-order valence-electron chi connectivity index (χ1n) is 9.09. The smallest absolute Gasteiger partial charge is 0.291 e. The minimum atomic E-state index is -0.196. The molecule has 2 aliphatic heterocycles. The summed E-state index contributed by atoms with van der Waals surface area (Å²) in [4.78, 5) is 39.5. The topological polar surface area (TPSA) is 81.7 Å². The van der Waals surface area contributed by atoms with Crippen LogP contribution < -0.4 is 10.2 Å². The van der Waals surface area contributed by atoms with Gasteiger partial charge in [0.15, 0.2) is 0 Å². The first-order valence-corrected chi connectivity index (χ1v) is 9.09. The molecule has 3 rings (SSSR count). The number of nitrogens with zero attached hydrogens (tertiary/aromatic N) is 5. The molecule has 1 aromatic heterocycles. The lowest BCUT2D eigenvalue weighted by atomic mass is 9.99. The molecule has 2 fully saturated rings. The lowest BCUT2D eigenvalue weighted by molar-refractivity contribution is -0.128. The number of amides is 2. The molecule has 0 saturated carbocycles. The SMILES string of the molecule is CNC(=O)C1CN(C(=O)c2nc(C)c(C)c(N3CC[C@@H](N(C)C)C3)n2)C1. The number of likely N-dealkylation sites (tertiary alicyclic amines) is 1. The Hall–Kier alpha value is -2.22. The predicted molar refractivity (Wildman–Crippen MR) is 99.3 cm³/mol. The molecule has 0 bridgehead atoms. The maximum atomic E-state index is 12.7. The molecular weight excluding hydrogens is 332 g/mol. The summed E-state index contributed by atoms with van der Waals surface area (Å²) in [6.45, 7) is 6.61. The van der Waals surface area contributed by atoms with Crippen molar-refractivity contribution in [3.05, 3.63) is 17.1 Å². The van der Waals surface area contributed by atoms with Crippen molar-refractivity contribution in [3.63, 3.8) is 0 Å². The molecule has 1 aromatic rings. The summed E-state index contributed by atoms with van der Waals surface area (Å²) in [6.07, 6.45) is 1.08. The van der Waals surface area contributed by atoms with Crippen LogP contribution in [0.1, 0.15) is 28.3 Å². The van der Waals surface area contributed by atoms with Crippen LogP contribution in [0.15, 0.2) is 0 Å². The third-order valence-electron chi connectivity index (χ3n) is 5.53. The van der Waals surface area contributed by atoms with Gasteiger partial charge in [-0.05, 0) is 34.4 Å². The summed E-state index contributed by atoms with van der Waals surface area (Å²) in [7, 11) is 5.80. The van der Waals surface area contributed by atoms with Gasteiger partial charge in [-0.25, -0.2) is 9.97 Å². The van der Waals surface area contributed by atoms with Crippen LogP contribution in [0, 0.1) is 19.8 Å². The van der Waals surface area contributed by atoms with Crippen LogP contribution in [0.5, 0.6) is 0 Å². The second kappa shape index (κ2) is 7.19. The summed E-state index contributed by atoms with van der Waals surface area (Å²) in [6, 6.07) is 0.493. The quantitative estimate of drug-likeness (QED) is 0.817. The van der Waals surface area contributed by atoms with Gasteiger partial charge in [0.2, 0.25) is 11.7 Å². The largest absolute Gasteiger partial charge is 0.359 e. The van der Waals surface area contributed by atoms with Gasteiger partial charge in [-0.1, -0.05) is 0 Å². The van der Waals surface area contributed by atoms with Crippen LogP contribution in [-0.2, 0) is 4.79 Å². The van der Waals surface area contributed by atoms with E-state index in [4.69, 9.17) is 0 Å². The molecule has 8 nitrogen and oxygen atoms in total. The maximum Gasteiger partial charge on any atom is 0.291 e. The van der Waals surface area contributed by atoms with Gasteiger partial charge in [-0.15, -0.1) is 0 Å². The zero-order valence-electron chi connectivity index (χ0n) is 16.2. The van der Waals surface area contributed by atoms with E-state index in [0.29, 0.717) is 19.1 Å². The van der Waals surface area contributed by atoms with Crippen LogP contribution in [0.3, 0.4) is 0 Å². The number of anilines is 1. The first-order chi connectivity index (χ1) is 12.3. The Bertz CT molecular complexity index is 714. The molecule has 2 saturated heterocycles. The minimum Gasteiger partial charge on any atom is -0.359 e. The highest BCUT2D eigenvalue weighted by Crippen LogP contribution is 2.26. The Balaban J connectivity index is 1.76. The van der Waals surface area contributed by atoms with Gasteiger partial charge in [-0.2, -0.15) is 0 Å². The average Bonchev–Trinajstić information content (AvgIpc) is 3.05. The molecule has 0 aromatic carbocycles. The second-order valence-electron chi connectivity index (χ2n) is 7.45. The molecule has 26 heavy (non-hydrogen) atoms. The van der Waals surface area contributed by atoms with Crippen molar-refractivity contribution in [2.24, 2.45) is 5.92 Å². The number of likely N-dealkylation sites (N-methyl/N-ethyl adjacent to an activating group) is 1. The van der Waals surface area contributed by atoms with E-state index < -0.39 is 0 Å². The van der Waals surface area contributed by atoms with Crippen LogP contribution in [-0.4, -0.2) is 84.9 Å². The number of carbonyl (C=O) groups is 2. The fraction of sp³-hybridized carbons (Fsp3) is 0.667. The molecule has 3 heterocycles. The van der Waals surface area contributed by atoms with E-state index in [-0.39, 0.29) is 23.6 Å². The summed E-state index contributed by atoms with van der Waals surface area (Å²) in [5.74, 6) is 0.732. The van der Waals surface area contributed by atoms with E-state index >= 15 is 0 Å². The van der Waals surface area contributed by atoms with Crippen molar-refractivity contribution < 1.29 is 9.59 Å². The van der Waals surface area contributed by atoms with Crippen molar-refractivity contribution in [1.29, 1.82) is 0 Å². The molecule has 1 atom stereocenters. The Labute approximate surface area is 154 Å². The van der Waals surface area contributed by atoms with Crippen molar-refractivity contribution >= 4 is 17.6 Å². The molecule has 1 N–H and O–H groups in total. The van der Waals surface area contributed by atoms with Crippen LogP contribution in [0.2, 0.25) is 0 Å². The fourth-order valence-corrected chi connectivity index (χ4v) is 3.53. The average molecular weight is 360 g/mol. The van der Waals surface area contributed by atoms with Gasteiger partial charge in [0.1, 0.15) is 5.82 Å². The van der Waals surface area contributed by atoms with E-state index in [1.54, 1.807) is 11.9 Å². The third kappa shape index (κ3) is 3.38. The van der Waals surface area contributed by atoms with E-state index in [2.05, 4.69) is 39.2 Å². The number of aryl methyl sites for hydroxylation is 1. The summed E-state index contributed by atoms with van der Waals surface area (Å²) < 4.78 is 0. The Morgan fingerprint density at radius 2 is 1.85 bits per heavy atom. The molecule has 142 valence electrons. The molecule has 8 heteroatoms. The Kier molecular flexibility index (Phi) is 5.13. The van der Waals surface area contributed by atoms with Crippen molar-refractivity contribution in [1.82, 2.24) is 25.1 Å². The zero-order chi connectivity index (χ0) is 19.0. The minimum absolute atomic E-state index is 0.0254. The first kappa shape index (κ1) is 18.6. The van der Waals surface area contributed by atoms with Crippen LogP contribution in [0.25, 0.3) is 0 Å². The highest BCUT2D eigenvalue weighted by Gasteiger charge is 2.37. The molecule has 0 radical (unpaired) electrons.